The lowest BCUT2D eigenvalue weighted by atomic mass is 9.61. The molecule has 0 saturated heterocycles. The maximum atomic E-state index is 5.84. The summed E-state index contributed by atoms with van der Waals surface area (Å²) in [6.07, 6.45) is 2.32. The van der Waals surface area contributed by atoms with Crippen molar-refractivity contribution in [2.24, 2.45) is 0 Å². The average Bonchev–Trinajstić information content (AvgIpc) is 2.50. The summed E-state index contributed by atoms with van der Waals surface area (Å²) in [7, 11) is 0. The highest BCUT2D eigenvalue weighted by Gasteiger charge is 2.38. The third-order valence-electron chi connectivity index (χ3n) is 3.51. The van der Waals surface area contributed by atoms with Gasteiger partial charge in [-0.15, -0.1) is 0 Å². The second-order valence-corrected chi connectivity index (χ2v) is 4.31. The predicted octanol–water partition coefficient (Wildman–Crippen LogP) is 1.80. The predicted molar refractivity (Wildman–Crippen MR) is 61.1 cm³/mol. The molecule has 0 fully saturated rings. The van der Waals surface area contributed by atoms with E-state index >= 15 is 0 Å². The lowest BCUT2D eigenvalue weighted by Crippen LogP contribution is -2.29. The highest BCUT2D eigenvalue weighted by molar-refractivity contribution is 6.70. The molecule has 1 aromatic rings. The topological polar surface area (TPSA) is 18.5 Å². The summed E-state index contributed by atoms with van der Waals surface area (Å²) in [4.78, 5) is 0. The molecule has 0 amide bonds. The Morgan fingerprint density at radius 2 is 2.33 bits per heavy atom. The van der Waals surface area contributed by atoms with Crippen LogP contribution in [0.4, 0.5) is 0 Å². The normalized spacial score (nSPS) is 23.3. The van der Waals surface area contributed by atoms with Crippen LogP contribution in [0.1, 0.15) is 24.8 Å². The molecule has 0 aromatic heterocycles. The molecule has 78 valence electrons. The molecular formula is C12H15BO2. The van der Waals surface area contributed by atoms with Crippen molar-refractivity contribution in [3.05, 3.63) is 23.8 Å². The van der Waals surface area contributed by atoms with Gasteiger partial charge in [-0.1, -0.05) is 19.1 Å². The highest BCUT2D eigenvalue weighted by Crippen LogP contribution is 2.34. The molecular weight excluding hydrogens is 187 g/mol. The van der Waals surface area contributed by atoms with Crippen LogP contribution >= 0.6 is 0 Å². The second-order valence-electron chi connectivity index (χ2n) is 4.31. The van der Waals surface area contributed by atoms with Crippen LogP contribution in [-0.2, 0) is 4.65 Å². The number of rotatable bonds is 1. The van der Waals surface area contributed by atoms with Crippen molar-refractivity contribution in [3.8, 4) is 5.75 Å². The molecule has 15 heavy (non-hydrogen) atoms. The van der Waals surface area contributed by atoms with Crippen molar-refractivity contribution in [2.45, 2.75) is 25.6 Å². The zero-order valence-corrected chi connectivity index (χ0v) is 9.03. The number of ether oxygens (including phenoxy) is 1. The van der Waals surface area contributed by atoms with Crippen molar-refractivity contribution in [1.82, 2.24) is 0 Å². The van der Waals surface area contributed by atoms with E-state index in [0.717, 1.165) is 18.7 Å². The van der Waals surface area contributed by atoms with E-state index in [1.165, 1.54) is 17.4 Å². The van der Waals surface area contributed by atoms with Crippen LogP contribution in [0.15, 0.2) is 18.2 Å². The second kappa shape index (κ2) is 3.56. The lowest BCUT2D eigenvalue weighted by Gasteiger charge is -2.11. The van der Waals surface area contributed by atoms with Crippen LogP contribution in [0.5, 0.6) is 5.75 Å². The first-order valence-electron chi connectivity index (χ1n) is 5.77. The van der Waals surface area contributed by atoms with Crippen LogP contribution in [0.3, 0.4) is 0 Å². The standard InChI is InChI=1S/C12H15BO2/c1-2-9-8-13-12-10(9)4-3-5-11(12)14-6-7-15-13/h3-5,9H,2,6-8H2,1H3. The molecule has 2 aliphatic heterocycles. The van der Waals surface area contributed by atoms with E-state index in [9.17, 15) is 0 Å². The van der Waals surface area contributed by atoms with Crippen molar-refractivity contribution < 1.29 is 9.39 Å². The Bertz CT molecular complexity index is 378. The summed E-state index contributed by atoms with van der Waals surface area (Å²) in [5.74, 6) is 1.71. The minimum Gasteiger partial charge on any atom is -0.492 e. The Morgan fingerprint density at radius 1 is 1.40 bits per heavy atom. The van der Waals surface area contributed by atoms with Crippen molar-refractivity contribution in [1.29, 1.82) is 0 Å². The third-order valence-corrected chi connectivity index (χ3v) is 3.51. The molecule has 0 spiro atoms. The first kappa shape index (κ1) is 9.28. The molecule has 1 aromatic carbocycles. The van der Waals surface area contributed by atoms with E-state index in [1.807, 2.05) is 0 Å². The van der Waals surface area contributed by atoms with Crippen LogP contribution in [-0.4, -0.2) is 20.1 Å². The fraction of sp³-hybridized carbons (Fsp3) is 0.500. The molecule has 2 heterocycles. The Labute approximate surface area is 90.7 Å². The van der Waals surface area contributed by atoms with Gasteiger partial charge in [-0.05, 0) is 35.8 Å². The third kappa shape index (κ3) is 1.37. The Kier molecular flexibility index (Phi) is 2.21. The van der Waals surface area contributed by atoms with E-state index in [0.29, 0.717) is 12.5 Å². The van der Waals surface area contributed by atoms with E-state index in [1.54, 1.807) is 0 Å². The van der Waals surface area contributed by atoms with Gasteiger partial charge in [0.05, 0.1) is 6.61 Å². The molecule has 0 saturated carbocycles. The molecule has 1 unspecified atom stereocenters. The van der Waals surface area contributed by atoms with E-state index in [4.69, 9.17) is 9.39 Å². The fourth-order valence-corrected chi connectivity index (χ4v) is 2.77. The molecule has 1 atom stereocenters. The highest BCUT2D eigenvalue weighted by atomic mass is 16.5. The summed E-state index contributed by atoms with van der Waals surface area (Å²) >= 11 is 0. The summed E-state index contributed by atoms with van der Waals surface area (Å²) in [5, 5.41) is 0. The maximum Gasteiger partial charge on any atom is 0.331 e. The first-order valence-corrected chi connectivity index (χ1v) is 5.77. The molecule has 0 bridgehead atoms. The number of hydrogen-bond donors (Lipinski definition) is 0. The van der Waals surface area contributed by atoms with Crippen molar-refractivity contribution >= 4 is 12.4 Å². The van der Waals surface area contributed by atoms with Gasteiger partial charge in [-0.2, -0.15) is 0 Å². The lowest BCUT2D eigenvalue weighted by molar-refractivity contribution is 0.229. The van der Waals surface area contributed by atoms with E-state index in [-0.39, 0.29) is 6.92 Å². The van der Waals surface area contributed by atoms with Gasteiger partial charge in [0.25, 0.3) is 0 Å². The van der Waals surface area contributed by atoms with Crippen LogP contribution < -0.4 is 10.2 Å². The van der Waals surface area contributed by atoms with Gasteiger partial charge in [0.1, 0.15) is 12.4 Å². The molecule has 2 aliphatic rings. The van der Waals surface area contributed by atoms with Gasteiger partial charge in [0.15, 0.2) is 0 Å². The van der Waals surface area contributed by atoms with Crippen molar-refractivity contribution in [3.63, 3.8) is 0 Å². The Morgan fingerprint density at radius 3 is 3.20 bits per heavy atom. The molecule has 3 rings (SSSR count). The first-order chi connectivity index (χ1) is 7.40. The molecule has 3 heteroatoms. The van der Waals surface area contributed by atoms with Crippen molar-refractivity contribution in [2.75, 3.05) is 13.2 Å². The summed E-state index contributed by atoms with van der Waals surface area (Å²) < 4.78 is 11.5. The summed E-state index contributed by atoms with van der Waals surface area (Å²) in [6.45, 7) is 3.93. The Hall–Kier alpha value is -0.955. The summed E-state index contributed by atoms with van der Waals surface area (Å²) in [6, 6.07) is 6.40. The molecule has 0 N–H and O–H groups in total. The fourth-order valence-electron chi connectivity index (χ4n) is 2.77. The van der Waals surface area contributed by atoms with Gasteiger partial charge in [0.2, 0.25) is 0 Å². The zero-order chi connectivity index (χ0) is 10.3. The summed E-state index contributed by atoms with van der Waals surface area (Å²) in [5.41, 5.74) is 2.77. The average molecular weight is 202 g/mol. The van der Waals surface area contributed by atoms with Gasteiger partial charge in [0, 0.05) is 0 Å². The van der Waals surface area contributed by atoms with Gasteiger partial charge in [-0.25, -0.2) is 0 Å². The molecule has 0 radical (unpaired) electrons. The molecule has 2 nitrogen and oxygen atoms in total. The number of hydrogen-bond acceptors (Lipinski definition) is 2. The smallest absolute Gasteiger partial charge is 0.331 e. The molecule has 0 aliphatic carbocycles. The maximum absolute atomic E-state index is 5.84. The van der Waals surface area contributed by atoms with Crippen LogP contribution in [0, 0.1) is 0 Å². The monoisotopic (exact) mass is 202 g/mol. The van der Waals surface area contributed by atoms with Crippen LogP contribution in [0.2, 0.25) is 6.32 Å². The Balaban J connectivity index is 2.12. The van der Waals surface area contributed by atoms with E-state index in [2.05, 4.69) is 25.1 Å². The van der Waals surface area contributed by atoms with Gasteiger partial charge >= 0.3 is 6.92 Å². The number of benzene rings is 1. The zero-order valence-electron chi connectivity index (χ0n) is 9.03. The van der Waals surface area contributed by atoms with E-state index < -0.39 is 0 Å². The van der Waals surface area contributed by atoms with Gasteiger partial charge in [-0.3, -0.25) is 0 Å². The minimum absolute atomic E-state index is 0.281. The van der Waals surface area contributed by atoms with Crippen LogP contribution in [0.25, 0.3) is 0 Å². The van der Waals surface area contributed by atoms with Gasteiger partial charge < -0.3 is 9.39 Å². The SMILES string of the molecule is CCC1CB2OCCOc3cccc1c32. The quantitative estimate of drug-likeness (QED) is 0.646. The largest absolute Gasteiger partial charge is 0.492 e. The minimum atomic E-state index is 0.281.